The highest BCUT2D eigenvalue weighted by Gasteiger charge is 2.25. The Morgan fingerprint density at radius 2 is 1.65 bits per heavy atom. The van der Waals surface area contributed by atoms with E-state index in [4.69, 9.17) is 9.47 Å². The lowest BCUT2D eigenvalue weighted by Gasteiger charge is -2.24. The molecule has 4 aromatic rings. The van der Waals surface area contributed by atoms with E-state index in [0.29, 0.717) is 22.6 Å². The minimum Gasteiger partial charge on any atom is -0.508 e. The molecule has 0 saturated carbocycles. The zero-order chi connectivity index (χ0) is 21.8. The molecular formula is C26H23NO4. The first kappa shape index (κ1) is 20.3. The number of phenols is 1. The van der Waals surface area contributed by atoms with Gasteiger partial charge in [0, 0.05) is 16.7 Å². The summed E-state index contributed by atoms with van der Waals surface area (Å²) in [5.74, 6) is 1.02. The molecule has 0 aliphatic rings. The third-order valence-corrected chi connectivity index (χ3v) is 5.29. The first-order valence-electron chi connectivity index (χ1n) is 9.91. The van der Waals surface area contributed by atoms with Gasteiger partial charge in [-0.3, -0.25) is 4.79 Å². The SMILES string of the molecule is COc1cccc(C(=O)N[C@H](c2ccccc2OC)c2c(O)ccc3ccccc23)c1. The maximum atomic E-state index is 13.2. The highest BCUT2D eigenvalue weighted by Crippen LogP contribution is 2.39. The average Bonchev–Trinajstić information content (AvgIpc) is 2.82. The van der Waals surface area contributed by atoms with E-state index >= 15 is 0 Å². The van der Waals surface area contributed by atoms with E-state index in [9.17, 15) is 9.90 Å². The van der Waals surface area contributed by atoms with Crippen molar-refractivity contribution in [2.24, 2.45) is 0 Å². The number of hydrogen-bond acceptors (Lipinski definition) is 4. The topological polar surface area (TPSA) is 67.8 Å². The number of ether oxygens (including phenoxy) is 2. The molecule has 0 heterocycles. The molecule has 156 valence electrons. The standard InChI is InChI=1S/C26H23NO4/c1-30-19-10-7-9-18(16-19)26(29)27-25(21-12-5-6-13-23(21)31-2)24-20-11-4-3-8-17(20)14-15-22(24)28/h3-16,25,28H,1-2H3,(H,27,29)/t25-/m1/s1. The Labute approximate surface area is 180 Å². The molecule has 0 fully saturated rings. The van der Waals surface area contributed by atoms with Crippen molar-refractivity contribution in [3.63, 3.8) is 0 Å². The monoisotopic (exact) mass is 413 g/mol. The number of hydrogen-bond donors (Lipinski definition) is 2. The summed E-state index contributed by atoms with van der Waals surface area (Å²) in [6.07, 6.45) is 0. The van der Waals surface area contributed by atoms with Crippen LogP contribution in [0.25, 0.3) is 10.8 Å². The molecule has 5 nitrogen and oxygen atoms in total. The number of aromatic hydroxyl groups is 1. The molecule has 0 aliphatic heterocycles. The van der Waals surface area contributed by atoms with Crippen LogP contribution in [0.2, 0.25) is 0 Å². The van der Waals surface area contributed by atoms with Gasteiger partial charge < -0.3 is 19.9 Å². The Balaban J connectivity index is 1.87. The smallest absolute Gasteiger partial charge is 0.252 e. The fourth-order valence-corrected chi connectivity index (χ4v) is 3.78. The van der Waals surface area contributed by atoms with Crippen molar-refractivity contribution in [1.82, 2.24) is 5.32 Å². The van der Waals surface area contributed by atoms with Gasteiger partial charge in [0.25, 0.3) is 5.91 Å². The largest absolute Gasteiger partial charge is 0.508 e. The van der Waals surface area contributed by atoms with E-state index in [2.05, 4.69) is 5.32 Å². The van der Waals surface area contributed by atoms with Crippen LogP contribution in [0, 0.1) is 0 Å². The number of amides is 1. The molecule has 0 saturated heterocycles. The molecule has 0 bridgehead atoms. The van der Waals surface area contributed by atoms with Gasteiger partial charge in [0.1, 0.15) is 17.2 Å². The fourth-order valence-electron chi connectivity index (χ4n) is 3.78. The van der Waals surface area contributed by atoms with E-state index in [-0.39, 0.29) is 11.7 Å². The molecule has 0 aliphatic carbocycles. The quantitative estimate of drug-likeness (QED) is 0.462. The summed E-state index contributed by atoms with van der Waals surface area (Å²) in [5, 5.41) is 15.8. The van der Waals surface area contributed by atoms with Crippen LogP contribution in [-0.4, -0.2) is 25.2 Å². The number of methoxy groups -OCH3 is 2. The zero-order valence-electron chi connectivity index (χ0n) is 17.3. The predicted octanol–water partition coefficient (Wildman–Crippen LogP) is 5.08. The zero-order valence-corrected chi connectivity index (χ0v) is 17.3. The van der Waals surface area contributed by atoms with E-state index in [1.54, 1.807) is 44.6 Å². The summed E-state index contributed by atoms with van der Waals surface area (Å²) in [6.45, 7) is 0. The van der Waals surface area contributed by atoms with Gasteiger partial charge in [-0.05, 0) is 41.1 Å². The van der Waals surface area contributed by atoms with Crippen LogP contribution in [0.15, 0.2) is 84.9 Å². The molecule has 5 heteroatoms. The molecule has 0 aromatic heterocycles. The molecule has 31 heavy (non-hydrogen) atoms. The molecule has 0 radical (unpaired) electrons. The van der Waals surface area contributed by atoms with Gasteiger partial charge in [-0.25, -0.2) is 0 Å². The highest BCUT2D eigenvalue weighted by atomic mass is 16.5. The molecule has 1 atom stereocenters. The third-order valence-electron chi connectivity index (χ3n) is 5.29. The Morgan fingerprint density at radius 1 is 0.871 bits per heavy atom. The first-order valence-corrected chi connectivity index (χ1v) is 9.91. The first-order chi connectivity index (χ1) is 15.1. The van der Waals surface area contributed by atoms with Gasteiger partial charge in [-0.2, -0.15) is 0 Å². The number of rotatable bonds is 6. The van der Waals surface area contributed by atoms with E-state index in [1.165, 1.54) is 0 Å². The van der Waals surface area contributed by atoms with Crippen LogP contribution in [0.4, 0.5) is 0 Å². The van der Waals surface area contributed by atoms with Crippen LogP contribution < -0.4 is 14.8 Å². The van der Waals surface area contributed by atoms with Crippen molar-refractivity contribution in [3.05, 3.63) is 102 Å². The van der Waals surface area contributed by atoms with Crippen LogP contribution in [0.5, 0.6) is 17.2 Å². The average molecular weight is 413 g/mol. The van der Waals surface area contributed by atoms with Gasteiger partial charge in [0.15, 0.2) is 0 Å². The minimum absolute atomic E-state index is 0.0977. The Kier molecular flexibility index (Phi) is 5.76. The molecular weight excluding hydrogens is 390 g/mol. The number of fused-ring (bicyclic) bond motifs is 1. The Bertz CT molecular complexity index is 1230. The van der Waals surface area contributed by atoms with Crippen molar-refractivity contribution < 1.29 is 19.4 Å². The highest BCUT2D eigenvalue weighted by molar-refractivity contribution is 5.96. The van der Waals surface area contributed by atoms with Gasteiger partial charge in [0.2, 0.25) is 0 Å². The number of para-hydroxylation sites is 1. The number of carbonyl (C=O) groups is 1. The summed E-state index contributed by atoms with van der Waals surface area (Å²) < 4.78 is 10.8. The number of phenolic OH excluding ortho intramolecular Hbond substituents is 1. The molecule has 2 N–H and O–H groups in total. The van der Waals surface area contributed by atoms with E-state index in [1.807, 2.05) is 54.6 Å². The minimum atomic E-state index is -0.638. The van der Waals surface area contributed by atoms with Crippen LogP contribution in [0.1, 0.15) is 27.5 Å². The lowest BCUT2D eigenvalue weighted by Crippen LogP contribution is -2.30. The maximum Gasteiger partial charge on any atom is 0.252 e. The Morgan fingerprint density at radius 3 is 2.45 bits per heavy atom. The predicted molar refractivity (Wildman–Crippen MR) is 121 cm³/mol. The van der Waals surface area contributed by atoms with Crippen LogP contribution in [0.3, 0.4) is 0 Å². The normalized spacial score (nSPS) is 11.7. The Hall–Kier alpha value is -3.99. The van der Waals surface area contributed by atoms with Gasteiger partial charge in [-0.1, -0.05) is 54.6 Å². The van der Waals surface area contributed by atoms with E-state index < -0.39 is 6.04 Å². The molecule has 4 rings (SSSR count). The van der Waals surface area contributed by atoms with Crippen molar-refractivity contribution in [2.75, 3.05) is 14.2 Å². The number of benzene rings is 4. The van der Waals surface area contributed by atoms with Gasteiger partial charge >= 0.3 is 0 Å². The molecule has 4 aromatic carbocycles. The number of carbonyl (C=O) groups excluding carboxylic acids is 1. The second kappa shape index (κ2) is 8.79. The summed E-state index contributed by atoms with van der Waals surface area (Å²) in [6, 6.07) is 25.0. The second-order valence-electron chi connectivity index (χ2n) is 7.10. The summed E-state index contributed by atoms with van der Waals surface area (Å²) in [5.41, 5.74) is 1.81. The lowest BCUT2D eigenvalue weighted by molar-refractivity contribution is 0.0942. The van der Waals surface area contributed by atoms with Crippen molar-refractivity contribution in [3.8, 4) is 17.2 Å². The van der Waals surface area contributed by atoms with Crippen LogP contribution >= 0.6 is 0 Å². The van der Waals surface area contributed by atoms with Crippen molar-refractivity contribution in [1.29, 1.82) is 0 Å². The third kappa shape index (κ3) is 4.03. The molecule has 0 spiro atoms. The summed E-state index contributed by atoms with van der Waals surface area (Å²) >= 11 is 0. The van der Waals surface area contributed by atoms with Crippen LogP contribution in [-0.2, 0) is 0 Å². The van der Waals surface area contributed by atoms with Crippen molar-refractivity contribution >= 4 is 16.7 Å². The lowest BCUT2D eigenvalue weighted by atomic mass is 9.92. The van der Waals surface area contributed by atoms with Gasteiger partial charge in [0.05, 0.1) is 20.3 Å². The summed E-state index contributed by atoms with van der Waals surface area (Å²) in [4.78, 5) is 13.2. The molecule has 0 unspecified atom stereocenters. The maximum absolute atomic E-state index is 13.2. The summed E-state index contributed by atoms with van der Waals surface area (Å²) in [7, 11) is 3.14. The van der Waals surface area contributed by atoms with E-state index in [0.717, 1.165) is 16.3 Å². The van der Waals surface area contributed by atoms with Gasteiger partial charge in [-0.15, -0.1) is 0 Å². The fraction of sp³-hybridized carbons (Fsp3) is 0.115. The molecule has 1 amide bonds. The second-order valence-corrected chi connectivity index (χ2v) is 7.10. The number of nitrogens with one attached hydrogen (secondary N) is 1. The van der Waals surface area contributed by atoms with Crippen molar-refractivity contribution in [2.45, 2.75) is 6.04 Å².